The molecule has 1 aromatic heterocycles. The van der Waals surface area contributed by atoms with Crippen LogP contribution in [0.2, 0.25) is 0 Å². The molecule has 5 rings (SSSR count). The number of carbonyl (C=O) groups excluding carboxylic acids is 1. The van der Waals surface area contributed by atoms with Crippen LogP contribution in [-0.2, 0) is 4.74 Å². The van der Waals surface area contributed by atoms with Crippen LogP contribution in [0.15, 0.2) is 52.7 Å². The van der Waals surface area contributed by atoms with Gasteiger partial charge in [0.05, 0.1) is 38.5 Å². The molecular formula is C26H27FN4O5. The Kier molecular flexibility index (Phi) is 6.60. The Morgan fingerprint density at radius 1 is 1.17 bits per heavy atom. The van der Waals surface area contributed by atoms with Crippen LogP contribution in [0, 0.1) is 5.82 Å². The Labute approximate surface area is 207 Å². The summed E-state index contributed by atoms with van der Waals surface area (Å²) in [4.78, 5) is 19.4. The maximum absolute atomic E-state index is 14.3. The maximum atomic E-state index is 14.3. The van der Waals surface area contributed by atoms with Crippen LogP contribution >= 0.6 is 0 Å². The minimum atomic E-state index is -0.537. The third kappa shape index (κ3) is 4.51. The van der Waals surface area contributed by atoms with Gasteiger partial charge >= 0.3 is 6.03 Å². The second-order valence-corrected chi connectivity index (χ2v) is 8.67. The third-order valence-corrected chi connectivity index (χ3v) is 6.52. The van der Waals surface area contributed by atoms with Crippen LogP contribution < -0.4 is 14.8 Å². The van der Waals surface area contributed by atoms with E-state index < -0.39 is 11.9 Å². The standard InChI is InChI=1S/C26H27FN4O5/c1-15-22(25-29-24(30-36-25)17-8-11-21(34-3)20(27)13-17)23(16-6-9-18(33-2)10-7-16)28-26(32)31(15)14-19-5-4-12-35-19/h6-11,13,19,23H,4-5,12,14H2,1-3H3,(H,28,32). The number of carbonyl (C=O) groups is 1. The molecule has 1 fully saturated rings. The van der Waals surface area contributed by atoms with Gasteiger partial charge in [-0.3, -0.25) is 4.90 Å². The Morgan fingerprint density at radius 2 is 1.97 bits per heavy atom. The van der Waals surface area contributed by atoms with E-state index >= 15 is 0 Å². The average Bonchev–Trinajstić information content (AvgIpc) is 3.59. The lowest BCUT2D eigenvalue weighted by Gasteiger charge is -2.36. The van der Waals surface area contributed by atoms with E-state index in [4.69, 9.17) is 18.7 Å². The molecule has 0 aliphatic carbocycles. The fourth-order valence-corrected chi connectivity index (χ4v) is 4.57. The minimum Gasteiger partial charge on any atom is -0.497 e. The van der Waals surface area contributed by atoms with E-state index in [0.29, 0.717) is 35.7 Å². The molecule has 2 unspecified atom stereocenters. The number of hydrogen-bond donors (Lipinski definition) is 1. The fraction of sp³-hybridized carbons (Fsp3) is 0.346. The molecule has 2 atom stereocenters. The van der Waals surface area contributed by atoms with Gasteiger partial charge in [0.15, 0.2) is 11.6 Å². The highest BCUT2D eigenvalue weighted by atomic mass is 19.1. The highest BCUT2D eigenvalue weighted by Gasteiger charge is 2.37. The molecule has 36 heavy (non-hydrogen) atoms. The van der Waals surface area contributed by atoms with Gasteiger partial charge in [0.2, 0.25) is 5.82 Å². The minimum absolute atomic E-state index is 0.0370. The van der Waals surface area contributed by atoms with Crippen molar-refractivity contribution in [1.82, 2.24) is 20.4 Å². The van der Waals surface area contributed by atoms with Gasteiger partial charge in [-0.25, -0.2) is 9.18 Å². The number of allylic oxidation sites excluding steroid dienone is 1. The zero-order valence-electron chi connectivity index (χ0n) is 20.3. The van der Waals surface area contributed by atoms with E-state index in [2.05, 4.69) is 15.5 Å². The number of nitrogens with zero attached hydrogens (tertiary/aromatic N) is 3. The third-order valence-electron chi connectivity index (χ3n) is 6.52. The summed E-state index contributed by atoms with van der Waals surface area (Å²) in [5.74, 6) is 0.755. The summed E-state index contributed by atoms with van der Waals surface area (Å²) < 4.78 is 36.0. The molecule has 2 aliphatic rings. The number of ether oxygens (including phenoxy) is 3. The van der Waals surface area contributed by atoms with Crippen molar-refractivity contribution in [2.45, 2.75) is 31.9 Å². The van der Waals surface area contributed by atoms with Crippen LogP contribution in [0.5, 0.6) is 11.5 Å². The van der Waals surface area contributed by atoms with Crippen molar-refractivity contribution in [2.24, 2.45) is 0 Å². The Hall–Kier alpha value is -3.92. The zero-order valence-corrected chi connectivity index (χ0v) is 20.3. The molecule has 0 bridgehead atoms. The quantitative estimate of drug-likeness (QED) is 0.514. The number of halogens is 1. The normalized spacial score (nSPS) is 20.0. The molecular weight excluding hydrogens is 467 g/mol. The van der Waals surface area contributed by atoms with Crippen LogP contribution in [0.1, 0.15) is 37.3 Å². The van der Waals surface area contributed by atoms with Crippen LogP contribution in [0.3, 0.4) is 0 Å². The Morgan fingerprint density at radius 3 is 2.64 bits per heavy atom. The lowest BCUT2D eigenvalue weighted by molar-refractivity contribution is 0.0877. The first-order valence-corrected chi connectivity index (χ1v) is 11.7. The summed E-state index contributed by atoms with van der Waals surface area (Å²) in [6.07, 6.45) is 1.82. The fourth-order valence-electron chi connectivity index (χ4n) is 4.57. The largest absolute Gasteiger partial charge is 0.497 e. The van der Waals surface area contributed by atoms with E-state index in [1.165, 1.54) is 19.2 Å². The molecule has 1 N–H and O–H groups in total. The first-order chi connectivity index (χ1) is 17.5. The molecule has 0 radical (unpaired) electrons. The number of urea groups is 1. The summed E-state index contributed by atoms with van der Waals surface area (Å²) in [5.41, 5.74) is 2.61. The number of benzene rings is 2. The van der Waals surface area contributed by atoms with Crippen molar-refractivity contribution in [3.63, 3.8) is 0 Å². The smallest absolute Gasteiger partial charge is 0.322 e. The molecule has 3 heterocycles. The van der Waals surface area contributed by atoms with E-state index in [0.717, 1.165) is 18.4 Å². The van der Waals surface area contributed by atoms with Gasteiger partial charge < -0.3 is 24.1 Å². The van der Waals surface area contributed by atoms with Crippen molar-refractivity contribution in [3.8, 4) is 22.9 Å². The Bertz CT molecular complexity index is 1280. The second-order valence-electron chi connectivity index (χ2n) is 8.67. The first-order valence-electron chi connectivity index (χ1n) is 11.7. The van der Waals surface area contributed by atoms with E-state index in [9.17, 15) is 9.18 Å². The van der Waals surface area contributed by atoms with Crippen molar-refractivity contribution in [2.75, 3.05) is 27.4 Å². The van der Waals surface area contributed by atoms with Gasteiger partial charge in [-0.05, 0) is 55.7 Å². The summed E-state index contributed by atoms with van der Waals surface area (Å²) in [6.45, 7) is 2.97. The second kappa shape index (κ2) is 9.98. The van der Waals surface area contributed by atoms with Crippen molar-refractivity contribution in [1.29, 1.82) is 0 Å². The van der Waals surface area contributed by atoms with E-state index in [1.54, 1.807) is 18.1 Å². The molecule has 2 amide bonds. The van der Waals surface area contributed by atoms with Crippen LogP contribution in [-0.4, -0.2) is 54.5 Å². The SMILES string of the molecule is COc1ccc(C2NC(=O)N(CC3CCCO3)C(C)=C2c2nc(-c3ccc(OC)c(F)c3)no2)cc1. The molecule has 1 saturated heterocycles. The van der Waals surface area contributed by atoms with Gasteiger partial charge in [0.25, 0.3) is 5.89 Å². The molecule has 3 aromatic rings. The predicted octanol–water partition coefficient (Wildman–Crippen LogP) is 4.57. The average molecular weight is 495 g/mol. The van der Waals surface area contributed by atoms with Gasteiger partial charge in [0, 0.05) is 17.9 Å². The number of nitrogens with one attached hydrogen (secondary N) is 1. The number of aromatic nitrogens is 2. The molecule has 188 valence electrons. The molecule has 0 saturated carbocycles. The maximum Gasteiger partial charge on any atom is 0.322 e. The van der Waals surface area contributed by atoms with E-state index in [1.807, 2.05) is 31.2 Å². The topological polar surface area (TPSA) is 99.0 Å². The molecule has 10 heteroatoms. The summed E-state index contributed by atoms with van der Waals surface area (Å²) in [7, 11) is 3.00. The number of amides is 2. The van der Waals surface area contributed by atoms with Crippen LogP contribution in [0.4, 0.5) is 9.18 Å². The van der Waals surface area contributed by atoms with Crippen molar-refractivity contribution < 1.29 is 27.9 Å². The van der Waals surface area contributed by atoms with Gasteiger partial charge in [0.1, 0.15) is 5.75 Å². The number of hydrogen-bond acceptors (Lipinski definition) is 7. The molecule has 2 aromatic carbocycles. The molecule has 2 aliphatic heterocycles. The number of rotatable bonds is 7. The van der Waals surface area contributed by atoms with Gasteiger partial charge in [-0.15, -0.1) is 0 Å². The summed E-state index contributed by atoms with van der Waals surface area (Å²) >= 11 is 0. The molecule has 9 nitrogen and oxygen atoms in total. The highest BCUT2D eigenvalue weighted by molar-refractivity contribution is 5.87. The summed E-state index contributed by atoms with van der Waals surface area (Å²) in [5, 5.41) is 7.17. The van der Waals surface area contributed by atoms with Crippen molar-refractivity contribution >= 4 is 11.6 Å². The summed E-state index contributed by atoms with van der Waals surface area (Å²) in [6, 6.07) is 11.1. The van der Waals surface area contributed by atoms with Gasteiger partial charge in [-0.2, -0.15) is 4.98 Å². The van der Waals surface area contributed by atoms with Crippen molar-refractivity contribution in [3.05, 3.63) is 65.4 Å². The molecule has 0 spiro atoms. The lowest BCUT2D eigenvalue weighted by atomic mass is 9.94. The monoisotopic (exact) mass is 494 g/mol. The first kappa shape index (κ1) is 23.8. The van der Waals surface area contributed by atoms with E-state index in [-0.39, 0.29) is 29.6 Å². The van der Waals surface area contributed by atoms with Crippen LogP contribution in [0.25, 0.3) is 17.0 Å². The highest BCUT2D eigenvalue weighted by Crippen LogP contribution is 2.38. The lowest BCUT2D eigenvalue weighted by Crippen LogP contribution is -2.48. The predicted molar refractivity (Wildman–Crippen MR) is 129 cm³/mol. The number of methoxy groups -OCH3 is 2. The van der Waals surface area contributed by atoms with Gasteiger partial charge in [-0.1, -0.05) is 17.3 Å². The Balaban J connectivity index is 1.55. The zero-order chi connectivity index (χ0) is 25.2.